The second-order valence-electron chi connectivity index (χ2n) is 11.8. The average molecular weight is 455 g/mol. The zero-order valence-electron chi connectivity index (χ0n) is 22.9. The fourth-order valence-corrected chi connectivity index (χ4v) is 4.35. The van der Waals surface area contributed by atoms with Gasteiger partial charge in [-0.15, -0.1) is 0 Å². The van der Waals surface area contributed by atoms with Crippen LogP contribution in [0.15, 0.2) is 24.3 Å². The van der Waals surface area contributed by atoms with Gasteiger partial charge in [-0.1, -0.05) is 76.9 Å². The number of hydrogen-bond acceptors (Lipinski definition) is 4. The van der Waals surface area contributed by atoms with Crippen molar-refractivity contribution >= 4 is 0 Å². The van der Waals surface area contributed by atoms with E-state index in [4.69, 9.17) is 4.74 Å². The Morgan fingerprint density at radius 3 is 1.73 bits per heavy atom. The molecule has 1 N–H and O–H groups in total. The molecule has 0 unspecified atom stereocenters. The molecule has 4 heteroatoms. The van der Waals surface area contributed by atoms with Gasteiger partial charge in [0.05, 0.1) is 7.11 Å². The molecule has 184 valence electrons. The third kappa shape index (κ3) is 7.22. The van der Waals surface area contributed by atoms with E-state index in [2.05, 4.69) is 104 Å². The standard InChI is InChI=1S/C29H46N2O2/c1-20-14-22(26(32)24(16-20)28(3,4)5)18-31(13-12-30(9)10)19-23-15-21(2)17-25(27(23)33-11)29(6,7)8/h14-17,32H,12-13,18-19H2,1-11H3. The second-order valence-corrected chi connectivity index (χ2v) is 11.8. The summed E-state index contributed by atoms with van der Waals surface area (Å²) in [5, 5.41) is 11.2. The zero-order valence-corrected chi connectivity index (χ0v) is 22.9. The summed E-state index contributed by atoms with van der Waals surface area (Å²) in [6, 6.07) is 8.73. The van der Waals surface area contributed by atoms with Gasteiger partial charge < -0.3 is 14.7 Å². The fraction of sp³-hybridized carbons (Fsp3) is 0.586. The van der Waals surface area contributed by atoms with Crippen molar-refractivity contribution in [2.75, 3.05) is 34.3 Å². The summed E-state index contributed by atoms with van der Waals surface area (Å²) < 4.78 is 5.95. The SMILES string of the molecule is COc1c(CN(CCN(C)C)Cc2cc(C)cc(C(C)(C)C)c2O)cc(C)cc1C(C)(C)C. The molecule has 0 spiro atoms. The molecule has 2 rings (SSSR count). The molecule has 0 atom stereocenters. The van der Waals surface area contributed by atoms with E-state index in [1.807, 2.05) is 0 Å². The molecule has 2 aromatic carbocycles. The summed E-state index contributed by atoms with van der Waals surface area (Å²) >= 11 is 0. The maximum Gasteiger partial charge on any atom is 0.127 e. The van der Waals surface area contributed by atoms with Gasteiger partial charge >= 0.3 is 0 Å². The smallest absolute Gasteiger partial charge is 0.127 e. The maximum atomic E-state index is 11.2. The van der Waals surface area contributed by atoms with Crippen LogP contribution in [0.25, 0.3) is 0 Å². The third-order valence-corrected chi connectivity index (χ3v) is 6.11. The van der Waals surface area contributed by atoms with Gasteiger partial charge in [-0.25, -0.2) is 0 Å². The van der Waals surface area contributed by atoms with E-state index >= 15 is 0 Å². The molecule has 0 heterocycles. The van der Waals surface area contributed by atoms with Crippen molar-refractivity contribution in [2.24, 2.45) is 0 Å². The van der Waals surface area contributed by atoms with Gasteiger partial charge in [0.15, 0.2) is 0 Å². The summed E-state index contributed by atoms with van der Waals surface area (Å²) in [5.74, 6) is 1.40. The van der Waals surface area contributed by atoms with Gasteiger partial charge in [0.1, 0.15) is 11.5 Å². The first-order valence-electron chi connectivity index (χ1n) is 12.0. The Hall–Kier alpha value is -2.04. The van der Waals surface area contributed by atoms with Gasteiger partial charge in [-0.2, -0.15) is 0 Å². The molecule has 0 amide bonds. The Balaban J connectivity index is 2.50. The normalized spacial score (nSPS) is 12.6. The number of ether oxygens (including phenoxy) is 1. The molecule has 33 heavy (non-hydrogen) atoms. The Morgan fingerprint density at radius 2 is 1.24 bits per heavy atom. The molecule has 0 saturated carbocycles. The average Bonchev–Trinajstić information content (AvgIpc) is 2.66. The number of phenols is 1. The summed E-state index contributed by atoms with van der Waals surface area (Å²) in [6.07, 6.45) is 0. The molecule has 4 nitrogen and oxygen atoms in total. The molecule has 0 aliphatic rings. The van der Waals surface area contributed by atoms with Crippen LogP contribution >= 0.6 is 0 Å². The quantitative estimate of drug-likeness (QED) is 0.517. The maximum absolute atomic E-state index is 11.2. The van der Waals surface area contributed by atoms with Crippen molar-refractivity contribution in [3.8, 4) is 11.5 Å². The number of aryl methyl sites for hydroxylation is 2. The highest BCUT2D eigenvalue weighted by molar-refractivity contribution is 5.49. The second kappa shape index (κ2) is 10.5. The van der Waals surface area contributed by atoms with Crippen molar-refractivity contribution in [3.63, 3.8) is 0 Å². The largest absolute Gasteiger partial charge is 0.507 e. The van der Waals surface area contributed by atoms with E-state index in [1.165, 1.54) is 22.3 Å². The number of likely N-dealkylation sites (N-methyl/N-ethyl adjacent to an activating group) is 1. The van der Waals surface area contributed by atoms with Crippen LogP contribution in [0.3, 0.4) is 0 Å². The van der Waals surface area contributed by atoms with Crippen LogP contribution in [-0.2, 0) is 23.9 Å². The lowest BCUT2D eigenvalue weighted by atomic mass is 9.83. The molecule has 2 aromatic rings. The number of benzene rings is 2. The molecule has 0 saturated heterocycles. The predicted octanol–water partition coefficient (Wildman–Crippen LogP) is 6.18. The first-order valence-corrected chi connectivity index (χ1v) is 12.0. The van der Waals surface area contributed by atoms with Crippen LogP contribution in [0, 0.1) is 13.8 Å². The highest BCUT2D eigenvalue weighted by Gasteiger charge is 2.25. The number of aromatic hydroxyl groups is 1. The predicted molar refractivity (Wildman–Crippen MR) is 141 cm³/mol. The van der Waals surface area contributed by atoms with Gasteiger partial charge in [0.2, 0.25) is 0 Å². The Bertz CT molecular complexity index is 950. The van der Waals surface area contributed by atoms with Crippen molar-refractivity contribution in [1.29, 1.82) is 0 Å². The first kappa shape index (κ1) is 27.2. The number of nitrogens with zero attached hydrogens (tertiary/aromatic N) is 2. The van der Waals surface area contributed by atoms with Crippen LogP contribution in [-0.4, -0.2) is 49.2 Å². The van der Waals surface area contributed by atoms with E-state index in [0.717, 1.165) is 36.5 Å². The van der Waals surface area contributed by atoms with Crippen LogP contribution in [0.5, 0.6) is 11.5 Å². The van der Waals surface area contributed by atoms with Gasteiger partial charge in [0, 0.05) is 42.9 Å². The van der Waals surface area contributed by atoms with Crippen LogP contribution in [0.2, 0.25) is 0 Å². The lowest BCUT2D eigenvalue weighted by Crippen LogP contribution is -2.31. The van der Waals surface area contributed by atoms with E-state index in [0.29, 0.717) is 12.3 Å². The Kier molecular flexibility index (Phi) is 8.64. The number of phenolic OH excluding ortho intramolecular Hbond substituents is 1. The highest BCUT2D eigenvalue weighted by atomic mass is 16.5. The molecular weight excluding hydrogens is 408 g/mol. The highest BCUT2D eigenvalue weighted by Crippen LogP contribution is 2.37. The molecule has 0 aliphatic carbocycles. The molecule has 0 aliphatic heterocycles. The van der Waals surface area contributed by atoms with Crippen LogP contribution in [0.4, 0.5) is 0 Å². The summed E-state index contributed by atoms with van der Waals surface area (Å²) in [7, 11) is 5.98. The molecule has 0 radical (unpaired) electrons. The van der Waals surface area contributed by atoms with Crippen molar-refractivity contribution in [3.05, 3.63) is 57.6 Å². The summed E-state index contributed by atoms with van der Waals surface area (Å²) in [5.41, 5.74) is 6.75. The summed E-state index contributed by atoms with van der Waals surface area (Å²) in [4.78, 5) is 4.63. The Labute approximate surface area is 202 Å². The van der Waals surface area contributed by atoms with Crippen molar-refractivity contribution in [1.82, 2.24) is 9.80 Å². The topological polar surface area (TPSA) is 35.9 Å². The van der Waals surface area contributed by atoms with Crippen LogP contribution in [0.1, 0.15) is 74.9 Å². The van der Waals surface area contributed by atoms with Gasteiger partial charge in [0.25, 0.3) is 0 Å². The van der Waals surface area contributed by atoms with Crippen molar-refractivity contribution in [2.45, 2.75) is 79.3 Å². The van der Waals surface area contributed by atoms with Gasteiger partial charge in [-0.3, -0.25) is 4.90 Å². The van der Waals surface area contributed by atoms with Gasteiger partial charge in [-0.05, 0) is 44.3 Å². The minimum absolute atomic E-state index is 0.00298. The lowest BCUT2D eigenvalue weighted by molar-refractivity contribution is 0.220. The summed E-state index contributed by atoms with van der Waals surface area (Å²) in [6.45, 7) is 20.7. The minimum atomic E-state index is -0.110. The lowest BCUT2D eigenvalue weighted by Gasteiger charge is -2.30. The fourth-order valence-electron chi connectivity index (χ4n) is 4.35. The number of methoxy groups -OCH3 is 1. The molecular formula is C29H46N2O2. The van der Waals surface area contributed by atoms with E-state index in [1.54, 1.807) is 7.11 Å². The monoisotopic (exact) mass is 454 g/mol. The van der Waals surface area contributed by atoms with Crippen molar-refractivity contribution < 1.29 is 9.84 Å². The zero-order chi connectivity index (χ0) is 25.1. The van der Waals surface area contributed by atoms with E-state index in [9.17, 15) is 5.11 Å². The number of hydrogen-bond donors (Lipinski definition) is 1. The van der Waals surface area contributed by atoms with E-state index < -0.39 is 0 Å². The van der Waals surface area contributed by atoms with Crippen LogP contribution < -0.4 is 4.74 Å². The molecule has 0 bridgehead atoms. The number of rotatable bonds is 8. The minimum Gasteiger partial charge on any atom is -0.507 e. The van der Waals surface area contributed by atoms with E-state index in [-0.39, 0.29) is 10.8 Å². The molecule has 0 fully saturated rings. The Morgan fingerprint density at radius 1 is 0.758 bits per heavy atom. The third-order valence-electron chi connectivity index (χ3n) is 6.11. The first-order chi connectivity index (χ1) is 15.1. The molecule has 0 aromatic heterocycles.